The lowest BCUT2D eigenvalue weighted by Gasteiger charge is -2.28. The van der Waals surface area contributed by atoms with Crippen LogP contribution in [-0.4, -0.2) is 33.2 Å². The maximum absolute atomic E-state index is 12.9. The summed E-state index contributed by atoms with van der Waals surface area (Å²) in [6.45, 7) is 7.98. The zero-order valence-electron chi connectivity index (χ0n) is 14.9. The van der Waals surface area contributed by atoms with Crippen LogP contribution in [0.2, 0.25) is 0 Å². The first-order valence-electron chi connectivity index (χ1n) is 8.47. The standard InChI is InChI=1S/C19H26N2O3/c1-5-6-7-11-21-15(13-9-8-10-20-12-13)14(16(22)18(21)24)17(23)19(2,3)4/h8-10,12,15,22H,5-7,11H2,1-4H3. The van der Waals surface area contributed by atoms with Gasteiger partial charge in [-0.15, -0.1) is 0 Å². The van der Waals surface area contributed by atoms with E-state index in [4.69, 9.17) is 0 Å². The summed E-state index contributed by atoms with van der Waals surface area (Å²) in [6, 6.07) is 3.06. The Labute approximate surface area is 143 Å². The van der Waals surface area contributed by atoms with E-state index in [0.717, 1.165) is 24.8 Å². The first-order valence-corrected chi connectivity index (χ1v) is 8.47. The molecule has 5 nitrogen and oxygen atoms in total. The van der Waals surface area contributed by atoms with Crippen LogP contribution in [0.3, 0.4) is 0 Å². The third-order valence-electron chi connectivity index (χ3n) is 4.23. The minimum absolute atomic E-state index is 0.192. The Morgan fingerprint density at radius 1 is 1.33 bits per heavy atom. The summed E-state index contributed by atoms with van der Waals surface area (Å²) in [5.74, 6) is -1.09. The van der Waals surface area contributed by atoms with E-state index in [0.29, 0.717) is 6.54 Å². The van der Waals surface area contributed by atoms with E-state index in [1.807, 2.05) is 6.07 Å². The van der Waals surface area contributed by atoms with E-state index >= 15 is 0 Å². The predicted molar refractivity (Wildman–Crippen MR) is 92.3 cm³/mol. The van der Waals surface area contributed by atoms with Crippen molar-refractivity contribution in [2.75, 3.05) is 6.54 Å². The fourth-order valence-corrected chi connectivity index (χ4v) is 2.94. The van der Waals surface area contributed by atoms with Crippen LogP contribution in [0, 0.1) is 5.41 Å². The van der Waals surface area contributed by atoms with Gasteiger partial charge in [-0.2, -0.15) is 0 Å². The highest BCUT2D eigenvalue weighted by atomic mass is 16.3. The number of Topliss-reactive ketones (excluding diaryl/α,β-unsaturated/α-hetero) is 1. The van der Waals surface area contributed by atoms with E-state index in [1.54, 1.807) is 44.1 Å². The van der Waals surface area contributed by atoms with Crippen molar-refractivity contribution in [3.8, 4) is 0 Å². The molecular formula is C19H26N2O3. The molecule has 0 saturated carbocycles. The number of aliphatic hydroxyl groups is 1. The summed E-state index contributed by atoms with van der Waals surface area (Å²) in [5.41, 5.74) is 0.264. The molecule has 5 heteroatoms. The molecule has 1 aliphatic heterocycles. The molecule has 0 aromatic carbocycles. The topological polar surface area (TPSA) is 70.5 Å². The number of aliphatic hydroxyl groups excluding tert-OH is 1. The third kappa shape index (κ3) is 3.50. The van der Waals surface area contributed by atoms with Crippen LogP contribution in [0.25, 0.3) is 0 Å². The molecule has 1 N–H and O–H groups in total. The normalized spacial score (nSPS) is 18.4. The molecule has 0 bridgehead atoms. The van der Waals surface area contributed by atoms with E-state index in [-0.39, 0.29) is 11.4 Å². The molecule has 2 heterocycles. The van der Waals surface area contributed by atoms with Gasteiger partial charge in [-0.25, -0.2) is 0 Å². The molecule has 1 atom stereocenters. The minimum atomic E-state index is -0.677. The highest BCUT2D eigenvalue weighted by Gasteiger charge is 2.45. The molecule has 1 unspecified atom stereocenters. The van der Waals surface area contributed by atoms with Gasteiger partial charge in [-0.3, -0.25) is 14.6 Å². The second-order valence-corrected chi connectivity index (χ2v) is 7.24. The summed E-state index contributed by atoms with van der Waals surface area (Å²) in [5, 5.41) is 10.4. The van der Waals surface area contributed by atoms with Gasteiger partial charge in [0.1, 0.15) is 0 Å². The van der Waals surface area contributed by atoms with E-state index < -0.39 is 23.1 Å². The summed E-state index contributed by atoms with van der Waals surface area (Å²) < 4.78 is 0. The van der Waals surface area contributed by atoms with Crippen molar-refractivity contribution in [3.63, 3.8) is 0 Å². The lowest BCUT2D eigenvalue weighted by Crippen LogP contribution is -2.33. The average Bonchev–Trinajstić information content (AvgIpc) is 2.79. The zero-order valence-corrected chi connectivity index (χ0v) is 14.9. The van der Waals surface area contributed by atoms with Gasteiger partial charge in [0.15, 0.2) is 11.5 Å². The third-order valence-corrected chi connectivity index (χ3v) is 4.23. The van der Waals surface area contributed by atoms with Crippen molar-refractivity contribution in [2.45, 2.75) is 53.0 Å². The van der Waals surface area contributed by atoms with Gasteiger partial charge in [-0.1, -0.05) is 46.6 Å². The molecule has 130 valence electrons. The largest absolute Gasteiger partial charge is 0.503 e. The number of rotatable bonds is 6. The van der Waals surface area contributed by atoms with Crippen LogP contribution < -0.4 is 0 Å². The van der Waals surface area contributed by atoms with E-state index in [2.05, 4.69) is 11.9 Å². The molecule has 1 aromatic rings. The number of carbonyl (C=O) groups is 2. The van der Waals surface area contributed by atoms with Crippen LogP contribution in [0.4, 0.5) is 0 Å². The Bertz CT molecular complexity index is 644. The second kappa shape index (κ2) is 7.16. The summed E-state index contributed by atoms with van der Waals surface area (Å²) in [4.78, 5) is 31.1. The van der Waals surface area contributed by atoms with Gasteiger partial charge in [0.25, 0.3) is 5.91 Å². The van der Waals surface area contributed by atoms with Crippen molar-refractivity contribution >= 4 is 11.7 Å². The zero-order chi connectivity index (χ0) is 17.9. The van der Waals surface area contributed by atoms with Crippen molar-refractivity contribution < 1.29 is 14.7 Å². The number of unbranched alkanes of at least 4 members (excludes halogenated alkanes) is 2. The van der Waals surface area contributed by atoms with E-state index in [1.165, 1.54) is 0 Å². The Morgan fingerprint density at radius 2 is 2.04 bits per heavy atom. The maximum Gasteiger partial charge on any atom is 0.290 e. The van der Waals surface area contributed by atoms with Crippen molar-refractivity contribution in [2.24, 2.45) is 5.41 Å². The maximum atomic E-state index is 12.9. The molecule has 0 saturated heterocycles. The van der Waals surface area contributed by atoms with Gasteiger partial charge >= 0.3 is 0 Å². The Hall–Kier alpha value is -2.17. The summed E-state index contributed by atoms with van der Waals surface area (Å²) >= 11 is 0. The molecule has 0 fully saturated rings. The number of ketones is 1. The van der Waals surface area contributed by atoms with Gasteiger partial charge < -0.3 is 10.0 Å². The van der Waals surface area contributed by atoms with Crippen LogP contribution in [0.1, 0.15) is 58.6 Å². The number of hydrogen-bond donors (Lipinski definition) is 1. The average molecular weight is 330 g/mol. The van der Waals surface area contributed by atoms with Gasteiger partial charge in [0.2, 0.25) is 0 Å². The highest BCUT2D eigenvalue weighted by Crippen LogP contribution is 2.40. The van der Waals surface area contributed by atoms with Gasteiger partial charge in [0, 0.05) is 24.4 Å². The molecule has 1 amide bonds. The molecule has 1 aliphatic rings. The molecule has 24 heavy (non-hydrogen) atoms. The number of nitrogens with zero attached hydrogens (tertiary/aromatic N) is 2. The first-order chi connectivity index (χ1) is 11.3. The molecule has 0 spiro atoms. The Morgan fingerprint density at radius 3 is 2.58 bits per heavy atom. The fraction of sp³-hybridized carbons (Fsp3) is 0.526. The van der Waals surface area contributed by atoms with Crippen LogP contribution in [-0.2, 0) is 9.59 Å². The van der Waals surface area contributed by atoms with Crippen LogP contribution in [0.15, 0.2) is 35.9 Å². The number of carbonyl (C=O) groups excluding carboxylic acids is 2. The number of aromatic nitrogens is 1. The number of hydrogen-bond acceptors (Lipinski definition) is 4. The predicted octanol–water partition coefficient (Wildman–Crippen LogP) is 3.58. The smallest absolute Gasteiger partial charge is 0.290 e. The molecule has 0 radical (unpaired) electrons. The van der Waals surface area contributed by atoms with Gasteiger partial charge in [0.05, 0.1) is 11.6 Å². The lowest BCUT2D eigenvalue weighted by atomic mass is 9.82. The van der Waals surface area contributed by atoms with Crippen LogP contribution >= 0.6 is 0 Å². The first kappa shape index (κ1) is 18.2. The van der Waals surface area contributed by atoms with Crippen molar-refractivity contribution in [3.05, 3.63) is 41.4 Å². The minimum Gasteiger partial charge on any atom is -0.503 e. The van der Waals surface area contributed by atoms with Gasteiger partial charge in [-0.05, 0) is 18.1 Å². The van der Waals surface area contributed by atoms with Crippen molar-refractivity contribution in [1.82, 2.24) is 9.88 Å². The highest BCUT2D eigenvalue weighted by molar-refractivity contribution is 6.10. The monoisotopic (exact) mass is 330 g/mol. The van der Waals surface area contributed by atoms with Crippen molar-refractivity contribution in [1.29, 1.82) is 0 Å². The lowest BCUT2D eigenvalue weighted by molar-refractivity contribution is -0.129. The summed E-state index contributed by atoms with van der Waals surface area (Å²) in [7, 11) is 0. The summed E-state index contributed by atoms with van der Waals surface area (Å²) in [6.07, 6.45) is 6.17. The number of pyridine rings is 1. The molecular weight excluding hydrogens is 304 g/mol. The Balaban J connectivity index is 2.46. The molecule has 0 aliphatic carbocycles. The Kier molecular flexibility index (Phi) is 5.42. The SMILES string of the molecule is CCCCCN1C(=O)C(O)=C(C(=O)C(C)(C)C)C1c1cccnc1. The second-order valence-electron chi connectivity index (χ2n) is 7.24. The molecule has 1 aromatic heterocycles. The van der Waals surface area contributed by atoms with E-state index in [9.17, 15) is 14.7 Å². The fourth-order valence-electron chi connectivity index (χ4n) is 2.94. The molecule has 2 rings (SSSR count). The quantitative estimate of drug-likeness (QED) is 0.809. The van der Waals surface area contributed by atoms with Crippen LogP contribution in [0.5, 0.6) is 0 Å². The number of amides is 1.